The Kier molecular flexibility index (Phi) is 3.89. The predicted molar refractivity (Wildman–Crippen MR) is 74.6 cm³/mol. The van der Waals surface area contributed by atoms with Crippen LogP contribution in [0.4, 0.5) is 16.8 Å². The van der Waals surface area contributed by atoms with Crippen molar-refractivity contribution in [1.29, 1.82) is 0 Å². The van der Waals surface area contributed by atoms with Crippen LogP contribution in [0.25, 0.3) is 0 Å². The van der Waals surface area contributed by atoms with E-state index in [0.29, 0.717) is 9.79 Å². The molecule has 0 aliphatic carbocycles. The number of halogens is 4. The summed E-state index contributed by atoms with van der Waals surface area (Å²) in [6, 6.07) is 8.87. The second kappa shape index (κ2) is 5.51. The highest BCUT2D eigenvalue weighted by Gasteiger charge is 2.29. The van der Waals surface area contributed by atoms with Crippen LogP contribution in [-0.4, -0.2) is 0 Å². The van der Waals surface area contributed by atoms with Crippen molar-refractivity contribution in [2.75, 3.05) is 0 Å². The van der Waals surface area contributed by atoms with Gasteiger partial charge in [-0.05, 0) is 24.3 Å². The number of rotatable bonds is 2. The lowest BCUT2D eigenvalue weighted by atomic mass is 10.3. The SMILES string of the molecule is FP(F)c1cccc2c1Oc1c(cccc1P(F)F)S2. The van der Waals surface area contributed by atoms with E-state index in [0.717, 1.165) is 0 Å². The molecule has 0 saturated carbocycles. The highest BCUT2D eigenvalue weighted by Crippen LogP contribution is 2.53. The van der Waals surface area contributed by atoms with Crippen LogP contribution in [0.5, 0.6) is 11.5 Å². The smallest absolute Gasteiger partial charge is 0.301 e. The van der Waals surface area contributed by atoms with Crippen molar-refractivity contribution in [3.8, 4) is 11.5 Å². The molecule has 0 N–H and O–H groups in total. The van der Waals surface area contributed by atoms with Crippen LogP contribution < -0.4 is 15.3 Å². The van der Waals surface area contributed by atoms with Gasteiger partial charge in [-0.3, -0.25) is 0 Å². The van der Waals surface area contributed by atoms with Gasteiger partial charge in [0.15, 0.2) is 11.5 Å². The van der Waals surface area contributed by atoms with Gasteiger partial charge in [0.2, 0.25) is 0 Å². The molecule has 2 aromatic rings. The summed E-state index contributed by atoms with van der Waals surface area (Å²) in [5, 5.41) is -0.431. The first-order chi connectivity index (χ1) is 9.58. The van der Waals surface area contributed by atoms with E-state index in [4.69, 9.17) is 4.74 Å². The van der Waals surface area contributed by atoms with Crippen LogP contribution in [0.1, 0.15) is 0 Å². The van der Waals surface area contributed by atoms with Crippen LogP contribution in [-0.2, 0) is 0 Å². The lowest BCUT2D eigenvalue weighted by Gasteiger charge is -2.23. The number of ether oxygens (including phenoxy) is 1. The molecule has 0 amide bonds. The number of hydrogen-bond acceptors (Lipinski definition) is 2. The van der Waals surface area contributed by atoms with E-state index in [1.807, 2.05) is 0 Å². The van der Waals surface area contributed by atoms with Crippen molar-refractivity contribution < 1.29 is 21.5 Å². The van der Waals surface area contributed by atoms with Crippen molar-refractivity contribution in [2.45, 2.75) is 9.79 Å². The zero-order chi connectivity index (χ0) is 14.3. The standard InChI is InChI=1S/C12H6F4OP2S/c13-18(14)7-3-1-5-9-11(7)17-12-8(19(15)16)4-2-6-10(12)20-9/h1-6H. The van der Waals surface area contributed by atoms with E-state index in [9.17, 15) is 16.8 Å². The van der Waals surface area contributed by atoms with Crippen LogP contribution in [0.3, 0.4) is 0 Å². The van der Waals surface area contributed by atoms with Crippen molar-refractivity contribution in [1.82, 2.24) is 0 Å². The Hall–Kier alpha value is -0.830. The minimum atomic E-state index is -3.35. The maximum absolute atomic E-state index is 13.0. The molecule has 0 atom stereocenters. The second-order valence-corrected chi connectivity index (χ2v) is 6.86. The van der Waals surface area contributed by atoms with Gasteiger partial charge in [0.05, 0.1) is 20.4 Å². The van der Waals surface area contributed by atoms with Gasteiger partial charge in [-0.2, -0.15) is 16.8 Å². The first-order valence-electron chi connectivity index (χ1n) is 5.43. The minimum absolute atomic E-state index is 0.00501. The van der Waals surface area contributed by atoms with Crippen LogP contribution in [0.2, 0.25) is 0 Å². The normalized spacial score (nSPS) is 13.1. The molecule has 8 heteroatoms. The molecule has 0 fully saturated rings. The summed E-state index contributed by atoms with van der Waals surface area (Å²) < 4.78 is 57.5. The number of fused-ring (bicyclic) bond motifs is 2. The monoisotopic (exact) mass is 336 g/mol. The fraction of sp³-hybridized carbons (Fsp3) is 0. The molecule has 2 aromatic carbocycles. The molecule has 0 aromatic heterocycles. The van der Waals surface area contributed by atoms with Gasteiger partial charge >= 0.3 is 17.1 Å². The lowest BCUT2D eigenvalue weighted by Crippen LogP contribution is -2.11. The summed E-state index contributed by atoms with van der Waals surface area (Å²) in [5.74, 6) is 0.0100. The fourth-order valence-corrected chi connectivity index (χ4v) is 4.07. The average molecular weight is 336 g/mol. The molecule has 1 heterocycles. The third-order valence-corrected chi connectivity index (χ3v) is 5.22. The number of benzene rings is 2. The lowest BCUT2D eigenvalue weighted by molar-refractivity contribution is 0.461. The Morgan fingerprint density at radius 1 is 0.750 bits per heavy atom. The third kappa shape index (κ3) is 2.41. The van der Waals surface area contributed by atoms with E-state index >= 15 is 0 Å². The van der Waals surface area contributed by atoms with Gasteiger partial charge in [0.25, 0.3) is 0 Å². The predicted octanol–water partition coefficient (Wildman–Crippen LogP) is 5.70. The zero-order valence-corrected chi connectivity index (χ0v) is 12.3. The number of para-hydroxylation sites is 2. The first-order valence-corrected chi connectivity index (χ1v) is 8.49. The fourth-order valence-electron chi connectivity index (χ4n) is 1.86. The van der Waals surface area contributed by atoms with Crippen molar-refractivity contribution in [3.05, 3.63) is 36.4 Å². The molecule has 0 saturated heterocycles. The highest BCUT2D eigenvalue weighted by molar-refractivity contribution is 7.99. The number of hydrogen-bond donors (Lipinski definition) is 0. The summed E-state index contributed by atoms with van der Waals surface area (Å²) in [6.45, 7) is 0. The maximum Gasteiger partial charge on any atom is 0.301 e. The van der Waals surface area contributed by atoms with Crippen LogP contribution in [0.15, 0.2) is 46.2 Å². The Morgan fingerprint density at radius 2 is 1.20 bits per heavy atom. The molecule has 20 heavy (non-hydrogen) atoms. The topological polar surface area (TPSA) is 9.23 Å². The first kappa shape index (κ1) is 14.1. The molecule has 1 aliphatic rings. The molecule has 104 valence electrons. The Labute approximate surface area is 119 Å². The van der Waals surface area contributed by atoms with Gasteiger partial charge < -0.3 is 4.74 Å². The molecule has 0 radical (unpaired) electrons. The van der Waals surface area contributed by atoms with Gasteiger partial charge in [-0.1, -0.05) is 23.9 Å². The van der Waals surface area contributed by atoms with Gasteiger partial charge in [-0.25, -0.2) is 0 Å². The van der Waals surface area contributed by atoms with Crippen molar-refractivity contribution >= 4 is 39.5 Å². The van der Waals surface area contributed by atoms with Gasteiger partial charge in [0, 0.05) is 0 Å². The average Bonchev–Trinajstić information content (AvgIpc) is 2.43. The second-order valence-electron chi connectivity index (χ2n) is 3.88. The highest BCUT2D eigenvalue weighted by atomic mass is 32.2. The summed E-state index contributed by atoms with van der Waals surface area (Å²) in [6.07, 6.45) is 0. The minimum Gasteiger partial charge on any atom is -0.453 e. The summed E-state index contributed by atoms with van der Waals surface area (Å²) in [5.41, 5.74) is 0. The van der Waals surface area contributed by atoms with Gasteiger partial charge in [0.1, 0.15) is 0 Å². The molecule has 0 spiro atoms. The summed E-state index contributed by atoms with van der Waals surface area (Å²) >= 11 is 1.17. The van der Waals surface area contributed by atoms with E-state index in [-0.39, 0.29) is 22.1 Å². The van der Waals surface area contributed by atoms with Crippen LogP contribution in [0, 0.1) is 0 Å². The Bertz CT molecular complexity index is 610. The summed E-state index contributed by atoms with van der Waals surface area (Å²) in [7, 11) is -6.69. The maximum atomic E-state index is 13.0. The molecular weight excluding hydrogens is 330 g/mol. The summed E-state index contributed by atoms with van der Waals surface area (Å²) in [4.78, 5) is 1.05. The van der Waals surface area contributed by atoms with E-state index in [1.54, 1.807) is 12.1 Å². The molecule has 0 bridgehead atoms. The van der Waals surface area contributed by atoms with Crippen molar-refractivity contribution in [2.24, 2.45) is 0 Å². The van der Waals surface area contributed by atoms with E-state index in [1.165, 1.54) is 36.0 Å². The van der Waals surface area contributed by atoms with Crippen molar-refractivity contribution in [3.63, 3.8) is 0 Å². The molecule has 1 nitrogen and oxygen atoms in total. The molecule has 1 aliphatic heterocycles. The Morgan fingerprint density at radius 3 is 1.60 bits per heavy atom. The van der Waals surface area contributed by atoms with E-state index < -0.39 is 17.1 Å². The Balaban J connectivity index is 2.13. The molecular formula is C12H6F4OP2S. The largest absolute Gasteiger partial charge is 0.453 e. The molecule has 3 rings (SSSR count). The quantitative estimate of drug-likeness (QED) is 0.439. The zero-order valence-electron chi connectivity index (χ0n) is 9.69. The van der Waals surface area contributed by atoms with Crippen LogP contribution >= 0.6 is 28.8 Å². The molecule has 0 unspecified atom stereocenters. The van der Waals surface area contributed by atoms with E-state index in [2.05, 4.69) is 0 Å². The third-order valence-electron chi connectivity index (χ3n) is 2.70. The van der Waals surface area contributed by atoms with Gasteiger partial charge in [-0.15, -0.1) is 0 Å².